The molecular formula is C17H20ClN3O3. The van der Waals surface area contributed by atoms with Gasteiger partial charge >= 0.3 is 5.97 Å². The summed E-state index contributed by atoms with van der Waals surface area (Å²) in [7, 11) is 3.33. The maximum absolute atomic E-state index is 11.1. The minimum atomic E-state index is -0.903. The van der Waals surface area contributed by atoms with E-state index in [0.717, 1.165) is 16.8 Å². The minimum absolute atomic E-state index is 0.0212. The highest BCUT2D eigenvalue weighted by molar-refractivity contribution is 6.33. The molecular weight excluding hydrogens is 330 g/mol. The van der Waals surface area contributed by atoms with Crippen LogP contribution in [0.1, 0.15) is 5.56 Å². The number of aliphatic carboxylic acids is 1. The summed E-state index contributed by atoms with van der Waals surface area (Å²) in [6.45, 7) is 2.10. The first kappa shape index (κ1) is 17.0. The molecule has 1 aromatic heterocycles. The van der Waals surface area contributed by atoms with Crippen LogP contribution in [0.25, 0.3) is 11.3 Å². The first-order valence-corrected chi connectivity index (χ1v) is 8.12. The van der Waals surface area contributed by atoms with Gasteiger partial charge < -0.3 is 9.84 Å². The molecule has 1 atom stereocenters. The molecule has 1 N–H and O–H groups in total. The number of aryl methyl sites for hydroxylation is 1. The van der Waals surface area contributed by atoms with E-state index < -0.39 is 12.1 Å². The van der Waals surface area contributed by atoms with Crippen molar-refractivity contribution in [3.8, 4) is 11.3 Å². The topological polar surface area (TPSA) is 67.6 Å². The minimum Gasteiger partial charge on any atom is -0.479 e. The van der Waals surface area contributed by atoms with E-state index in [-0.39, 0.29) is 5.92 Å². The van der Waals surface area contributed by atoms with Crippen LogP contribution in [-0.4, -0.2) is 52.1 Å². The third-order valence-corrected chi connectivity index (χ3v) is 4.67. The van der Waals surface area contributed by atoms with Gasteiger partial charge in [-0.1, -0.05) is 29.8 Å². The highest BCUT2D eigenvalue weighted by atomic mass is 35.5. The molecule has 1 aliphatic rings. The van der Waals surface area contributed by atoms with Gasteiger partial charge in [0.25, 0.3) is 0 Å². The molecule has 0 spiro atoms. The third kappa shape index (κ3) is 3.31. The van der Waals surface area contributed by atoms with Gasteiger partial charge in [-0.15, -0.1) is 0 Å². The maximum atomic E-state index is 11.1. The number of ether oxygens (including phenoxy) is 1. The second kappa shape index (κ2) is 6.93. The number of likely N-dealkylation sites (tertiary alicyclic amines) is 1. The lowest BCUT2D eigenvalue weighted by molar-refractivity contribution is -0.156. The van der Waals surface area contributed by atoms with Crippen molar-refractivity contribution in [1.82, 2.24) is 14.7 Å². The van der Waals surface area contributed by atoms with Crippen molar-refractivity contribution in [3.63, 3.8) is 0 Å². The molecule has 0 saturated carbocycles. The predicted molar refractivity (Wildman–Crippen MR) is 90.9 cm³/mol. The van der Waals surface area contributed by atoms with E-state index in [2.05, 4.69) is 10.00 Å². The Bertz CT molecular complexity index is 740. The summed E-state index contributed by atoms with van der Waals surface area (Å²) >= 11 is 6.30. The standard InChI is InChI=1S/C17H20ClN3O3/c1-20-7-11(15(19-20)13-5-3-4-6-14(13)18)8-21-9-12(10-21)16(24-2)17(22)23/h3-7,12,16H,8-10H2,1-2H3,(H,22,23). The number of carboxylic acids is 1. The molecule has 2 aromatic rings. The van der Waals surface area contributed by atoms with Crippen LogP contribution in [0.2, 0.25) is 5.02 Å². The zero-order chi connectivity index (χ0) is 17.3. The van der Waals surface area contributed by atoms with Crippen LogP contribution in [0.5, 0.6) is 0 Å². The number of benzene rings is 1. The molecule has 1 unspecified atom stereocenters. The van der Waals surface area contributed by atoms with Gasteiger partial charge in [-0.3, -0.25) is 9.58 Å². The molecule has 0 amide bonds. The number of methoxy groups -OCH3 is 1. The van der Waals surface area contributed by atoms with Crippen molar-refractivity contribution < 1.29 is 14.6 Å². The smallest absolute Gasteiger partial charge is 0.333 e. The largest absolute Gasteiger partial charge is 0.479 e. The highest BCUT2D eigenvalue weighted by Crippen LogP contribution is 2.31. The van der Waals surface area contributed by atoms with Crippen molar-refractivity contribution in [2.24, 2.45) is 13.0 Å². The van der Waals surface area contributed by atoms with E-state index in [1.54, 1.807) is 4.68 Å². The Labute approximate surface area is 145 Å². The summed E-state index contributed by atoms with van der Waals surface area (Å²) in [5.74, 6) is -0.881. The molecule has 1 saturated heterocycles. The zero-order valence-electron chi connectivity index (χ0n) is 13.6. The molecule has 1 aliphatic heterocycles. The van der Waals surface area contributed by atoms with Crippen LogP contribution in [0.3, 0.4) is 0 Å². The molecule has 0 aliphatic carbocycles. The lowest BCUT2D eigenvalue weighted by Gasteiger charge is -2.41. The first-order valence-electron chi connectivity index (χ1n) is 7.75. The molecule has 3 rings (SSSR count). The van der Waals surface area contributed by atoms with Crippen LogP contribution in [0, 0.1) is 5.92 Å². The normalized spacial score (nSPS) is 16.8. The number of carboxylic acid groups (broad SMARTS) is 1. The number of rotatable bonds is 6. The quantitative estimate of drug-likeness (QED) is 0.866. The van der Waals surface area contributed by atoms with Crippen LogP contribution >= 0.6 is 11.6 Å². The summed E-state index contributed by atoms with van der Waals surface area (Å²) in [5, 5.41) is 14.3. The number of carbonyl (C=O) groups is 1. The number of halogens is 1. The molecule has 0 radical (unpaired) electrons. The molecule has 1 aromatic carbocycles. The van der Waals surface area contributed by atoms with E-state index in [0.29, 0.717) is 24.7 Å². The van der Waals surface area contributed by atoms with Gasteiger partial charge in [0.05, 0.1) is 10.7 Å². The average Bonchev–Trinajstić information content (AvgIpc) is 2.86. The van der Waals surface area contributed by atoms with Crippen LogP contribution < -0.4 is 0 Å². The third-order valence-electron chi connectivity index (χ3n) is 4.34. The monoisotopic (exact) mass is 349 g/mol. The molecule has 6 nitrogen and oxygen atoms in total. The Kier molecular flexibility index (Phi) is 4.89. The van der Waals surface area contributed by atoms with E-state index >= 15 is 0 Å². The Morgan fingerprint density at radius 1 is 1.46 bits per heavy atom. The SMILES string of the molecule is COC(C(=O)O)C1CN(Cc2cn(C)nc2-c2ccccc2Cl)C1. The maximum Gasteiger partial charge on any atom is 0.333 e. The van der Waals surface area contributed by atoms with Crippen molar-refractivity contribution in [1.29, 1.82) is 0 Å². The van der Waals surface area contributed by atoms with Gasteiger partial charge in [0.1, 0.15) is 0 Å². The second-order valence-corrected chi connectivity index (χ2v) is 6.51. The predicted octanol–water partition coefficient (Wildman–Crippen LogP) is 2.27. The fourth-order valence-electron chi connectivity index (χ4n) is 3.20. The van der Waals surface area contributed by atoms with Crippen molar-refractivity contribution in [2.45, 2.75) is 12.6 Å². The number of hydrogen-bond donors (Lipinski definition) is 1. The van der Waals surface area contributed by atoms with Crippen molar-refractivity contribution in [2.75, 3.05) is 20.2 Å². The molecule has 1 fully saturated rings. The lowest BCUT2D eigenvalue weighted by atomic mass is 9.92. The van der Waals surface area contributed by atoms with Gasteiger partial charge in [-0.2, -0.15) is 5.10 Å². The van der Waals surface area contributed by atoms with Gasteiger partial charge in [-0.05, 0) is 6.07 Å². The number of aromatic nitrogens is 2. The van der Waals surface area contributed by atoms with Crippen LogP contribution in [0.4, 0.5) is 0 Å². The Morgan fingerprint density at radius 3 is 2.79 bits per heavy atom. The number of nitrogens with zero attached hydrogens (tertiary/aromatic N) is 3. The molecule has 128 valence electrons. The first-order chi connectivity index (χ1) is 11.5. The average molecular weight is 350 g/mol. The number of hydrogen-bond acceptors (Lipinski definition) is 4. The van der Waals surface area contributed by atoms with Crippen LogP contribution in [-0.2, 0) is 23.1 Å². The second-order valence-electron chi connectivity index (χ2n) is 6.11. The Balaban J connectivity index is 1.72. The lowest BCUT2D eigenvalue weighted by Crippen LogP contribution is -2.53. The van der Waals surface area contributed by atoms with Crippen LogP contribution in [0.15, 0.2) is 30.5 Å². The zero-order valence-corrected chi connectivity index (χ0v) is 14.4. The molecule has 0 bridgehead atoms. The Hall–Kier alpha value is -1.89. The van der Waals surface area contributed by atoms with E-state index in [1.165, 1.54) is 7.11 Å². The van der Waals surface area contributed by atoms with Crippen molar-refractivity contribution >= 4 is 17.6 Å². The summed E-state index contributed by atoms with van der Waals surface area (Å²) in [5.41, 5.74) is 2.86. The van der Waals surface area contributed by atoms with Gasteiger partial charge in [-0.25, -0.2) is 4.79 Å². The van der Waals surface area contributed by atoms with E-state index in [1.807, 2.05) is 37.5 Å². The fraction of sp³-hybridized carbons (Fsp3) is 0.412. The highest BCUT2D eigenvalue weighted by Gasteiger charge is 2.38. The molecule has 2 heterocycles. The van der Waals surface area contributed by atoms with Gasteiger partial charge in [0, 0.05) is 57.0 Å². The van der Waals surface area contributed by atoms with E-state index in [4.69, 9.17) is 21.4 Å². The fourth-order valence-corrected chi connectivity index (χ4v) is 3.42. The Morgan fingerprint density at radius 2 is 2.17 bits per heavy atom. The molecule has 7 heteroatoms. The summed E-state index contributed by atoms with van der Waals surface area (Å²) in [4.78, 5) is 13.3. The summed E-state index contributed by atoms with van der Waals surface area (Å²) < 4.78 is 6.85. The summed E-state index contributed by atoms with van der Waals surface area (Å²) in [6, 6.07) is 7.64. The summed E-state index contributed by atoms with van der Waals surface area (Å²) in [6.07, 6.45) is 1.25. The van der Waals surface area contributed by atoms with Crippen molar-refractivity contribution in [3.05, 3.63) is 41.0 Å². The molecule has 24 heavy (non-hydrogen) atoms. The van der Waals surface area contributed by atoms with E-state index in [9.17, 15) is 4.79 Å². The van der Waals surface area contributed by atoms with Gasteiger partial charge in [0.15, 0.2) is 6.10 Å². The van der Waals surface area contributed by atoms with Gasteiger partial charge in [0.2, 0.25) is 0 Å².